The molecule has 0 saturated carbocycles. The van der Waals surface area contributed by atoms with Crippen LogP contribution in [0.3, 0.4) is 0 Å². The second kappa shape index (κ2) is 5.75. The van der Waals surface area contributed by atoms with Crippen LogP contribution in [0.25, 0.3) is 5.69 Å². The van der Waals surface area contributed by atoms with Gasteiger partial charge < -0.3 is 0 Å². The number of tetrazole rings is 1. The van der Waals surface area contributed by atoms with Gasteiger partial charge in [-0.25, -0.2) is 0 Å². The largest absolute Gasteiger partial charge is 0.296 e. The predicted octanol–water partition coefficient (Wildman–Crippen LogP) is 1.33. The normalized spacial score (nSPS) is 10.5. The Labute approximate surface area is 123 Å². The molecule has 1 N–H and O–H groups in total. The number of nitrogens with one attached hydrogen (secondary N) is 1. The number of aromatic nitrogens is 6. The Morgan fingerprint density at radius 3 is 2.90 bits per heavy atom. The topological polar surface area (TPSA) is 98.5 Å². The fourth-order valence-electron chi connectivity index (χ4n) is 1.75. The zero-order valence-electron chi connectivity index (χ0n) is 11.1. The minimum Gasteiger partial charge on any atom is -0.296 e. The predicted molar refractivity (Wildman–Crippen MR) is 76.4 cm³/mol. The lowest BCUT2D eigenvalue weighted by atomic mass is 10.1. The monoisotopic (exact) mass is 301 g/mol. The molecule has 3 rings (SSSR count). The Bertz CT molecular complexity index is 753. The Kier molecular flexibility index (Phi) is 3.65. The number of para-hydroxylation sites is 1. The van der Waals surface area contributed by atoms with Gasteiger partial charge in [-0.2, -0.15) is 4.68 Å². The Morgan fingerprint density at radius 1 is 1.33 bits per heavy atom. The fraction of sp³-hybridized carbons (Fsp3) is 0.167. The molecule has 0 aliphatic carbocycles. The third-order valence-corrected chi connectivity index (χ3v) is 3.72. The van der Waals surface area contributed by atoms with Crippen LogP contribution in [-0.4, -0.2) is 36.3 Å². The summed E-state index contributed by atoms with van der Waals surface area (Å²) in [6, 6.07) is 7.06. The first-order valence-electron chi connectivity index (χ1n) is 6.24. The van der Waals surface area contributed by atoms with Gasteiger partial charge >= 0.3 is 0 Å². The molecule has 0 aliphatic heterocycles. The van der Waals surface area contributed by atoms with Crippen LogP contribution in [-0.2, 0) is 6.42 Å². The number of aryl methyl sites for hydroxylation is 1. The van der Waals surface area contributed by atoms with Crippen LogP contribution >= 0.6 is 11.3 Å². The van der Waals surface area contributed by atoms with Crippen molar-refractivity contribution >= 4 is 22.4 Å². The highest BCUT2D eigenvalue weighted by Gasteiger charge is 2.15. The number of anilines is 1. The van der Waals surface area contributed by atoms with Crippen LogP contribution < -0.4 is 5.32 Å². The second-order valence-corrected chi connectivity index (χ2v) is 5.14. The lowest BCUT2D eigenvalue weighted by molar-refractivity contribution is 0.102. The maximum atomic E-state index is 12.4. The molecular formula is C12H11N7OS. The molecule has 0 fully saturated rings. The van der Waals surface area contributed by atoms with Gasteiger partial charge in [0.1, 0.15) is 11.3 Å². The number of hydrogen-bond donors (Lipinski definition) is 1. The van der Waals surface area contributed by atoms with E-state index in [1.165, 1.54) is 22.3 Å². The molecule has 0 unspecified atom stereocenters. The summed E-state index contributed by atoms with van der Waals surface area (Å²) < 4.78 is 1.44. The summed E-state index contributed by atoms with van der Waals surface area (Å²) in [6.07, 6.45) is 2.22. The fourth-order valence-corrected chi connectivity index (χ4v) is 2.42. The molecule has 0 saturated heterocycles. The molecule has 3 aromatic rings. The molecule has 0 spiro atoms. The Balaban J connectivity index is 1.88. The van der Waals surface area contributed by atoms with E-state index in [1.54, 1.807) is 18.2 Å². The van der Waals surface area contributed by atoms with Crippen molar-refractivity contribution in [1.82, 2.24) is 30.4 Å². The smallest absolute Gasteiger partial charge is 0.259 e. The van der Waals surface area contributed by atoms with Gasteiger partial charge in [0.15, 0.2) is 0 Å². The van der Waals surface area contributed by atoms with Crippen molar-refractivity contribution in [2.45, 2.75) is 13.3 Å². The molecule has 0 aliphatic rings. The Morgan fingerprint density at radius 2 is 2.19 bits per heavy atom. The van der Waals surface area contributed by atoms with E-state index in [1.807, 2.05) is 13.0 Å². The summed E-state index contributed by atoms with van der Waals surface area (Å²) in [6.45, 7) is 1.99. The quantitative estimate of drug-likeness (QED) is 0.780. The number of rotatable bonds is 4. The maximum absolute atomic E-state index is 12.4. The van der Waals surface area contributed by atoms with Crippen LogP contribution in [0.2, 0.25) is 0 Å². The zero-order chi connectivity index (χ0) is 14.7. The summed E-state index contributed by atoms with van der Waals surface area (Å²) >= 11 is 1.36. The van der Waals surface area contributed by atoms with Crippen LogP contribution in [0, 0.1) is 0 Å². The third kappa shape index (κ3) is 2.77. The lowest BCUT2D eigenvalue weighted by Crippen LogP contribution is -2.15. The molecule has 0 bridgehead atoms. The number of carbonyl (C=O) groups excluding carboxylic acids is 1. The molecule has 21 heavy (non-hydrogen) atoms. The average molecular weight is 301 g/mol. The van der Waals surface area contributed by atoms with Crippen molar-refractivity contribution in [2.75, 3.05) is 5.32 Å². The van der Waals surface area contributed by atoms with Gasteiger partial charge in [-0.15, -0.1) is 15.3 Å². The van der Waals surface area contributed by atoms with Crippen LogP contribution in [0.15, 0.2) is 30.6 Å². The van der Waals surface area contributed by atoms with Gasteiger partial charge in [0.2, 0.25) is 5.13 Å². The van der Waals surface area contributed by atoms with E-state index in [0.29, 0.717) is 16.4 Å². The van der Waals surface area contributed by atoms with Crippen LogP contribution in [0.4, 0.5) is 5.13 Å². The molecule has 106 valence electrons. The number of carbonyl (C=O) groups is 1. The maximum Gasteiger partial charge on any atom is 0.259 e. The van der Waals surface area contributed by atoms with Gasteiger partial charge in [-0.3, -0.25) is 10.1 Å². The van der Waals surface area contributed by atoms with E-state index in [-0.39, 0.29) is 5.91 Å². The summed E-state index contributed by atoms with van der Waals surface area (Å²) in [5.74, 6) is -0.278. The second-order valence-electron chi connectivity index (χ2n) is 4.08. The number of amides is 1. The number of nitrogens with zero attached hydrogens (tertiary/aromatic N) is 6. The van der Waals surface area contributed by atoms with Crippen molar-refractivity contribution in [3.8, 4) is 5.69 Å². The van der Waals surface area contributed by atoms with Gasteiger partial charge in [0, 0.05) is 0 Å². The minimum atomic E-state index is -0.278. The summed E-state index contributed by atoms with van der Waals surface area (Å²) in [7, 11) is 0. The van der Waals surface area contributed by atoms with Crippen molar-refractivity contribution in [1.29, 1.82) is 0 Å². The molecular weight excluding hydrogens is 290 g/mol. The van der Waals surface area contributed by atoms with E-state index in [4.69, 9.17) is 0 Å². The highest BCUT2D eigenvalue weighted by atomic mass is 32.1. The van der Waals surface area contributed by atoms with Crippen molar-refractivity contribution in [2.24, 2.45) is 0 Å². The van der Waals surface area contributed by atoms with Crippen molar-refractivity contribution < 1.29 is 4.79 Å². The SMILES string of the molecule is CCc1nnc(NC(=O)c2ccccc2-n2cnnn2)s1. The first kappa shape index (κ1) is 13.3. The highest BCUT2D eigenvalue weighted by Crippen LogP contribution is 2.18. The Hall–Kier alpha value is -2.68. The number of hydrogen-bond acceptors (Lipinski definition) is 7. The molecule has 0 radical (unpaired) electrons. The summed E-state index contributed by atoms with van der Waals surface area (Å²) in [5.41, 5.74) is 1.05. The van der Waals surface area contributed by atoms with E-state index in [9.17, 15) is 4.79 Å². The van der Waals surface area contributed by atoms with Crippen molar-refractivity contribution in [3.05, 3.63) is 41.2 Å². The molecule has 1 amide bonds. The highest BCUT2D eigenvalue weighted by molar-refractivity contribution is 7.15. The molecule has 2 aromatic heterocycles. The first-order chi connectivity index (χ1) is 10.3. The lowest BCUT2D eigenvalue weighted by Gasteiger charge is -2.07. The summed E-state index contributed by atoms with van der Waals surface area (Å²) in [4.78, 5) is 12.4. The molecule has 1 aromatic carbocycles. The van der Waals surface area contributed by atoms with E-state index < -0.39 is 0 Å². The van der Waals surface area contributed by atoms with Gasteiger partial charge in [0.25, 0.3) is 5.91 Å². The molecule has 9 heteroatoms. The van der Waals surface area contributed by atoms with Gasteiger partial charge in [-0.1, -0.05) is 30.4 Å². The molecule has 8 nitrogen and oxygen atoms in total. The number of benzene rings is 1. The van der Waals surface area contributed by atoms with Crippen LogP contribution in [0.1, 0.15) is 22.3 Å². The molecule has 2 heterocycles. The summed E-state index contributed by atoms with van der Waals surface area (Å²) in [5, 5.41) is 23.0. The van der Waals surface area contributed by atoms with Gasteiger partial charge in [-0.05, 0) is 29.0 Å². The average Bonchev–Trinajstić information content (AvgIpc) is 3.18. The van der Waals surface area contributed by atoms with Crippen molar-refractivity contribution in [3.63, 3.8) is 0 Å². The standard InChI is InChI=1S/C12H11N7OS/c1-2-10-15-16-12(21-10)14-11(20)8-5-3-4-6-9(8)19-7-13-17-18-19/h3-7H,2H2,1H3,(H,14,16,20). The van der Waals surface area contributed by atoms with E-state index in [2.05, 4.69) is 31.0 Å². The van der Waals surface area contributed by atoms with Gasteiger partial charge in [0.05, 0.1) is 11.3 Å². The van der Waals surface area contributed by atoms with E-state index in [0.717, 1.165) is 11.4 Å². The molecule has 0 atom stereocenters. The zero-order valence-corrected chi connectivity index (χ0v) is 11.9. The first-order valence-corrected chi connectivity index (χ1v) is 7.05. The van der Waals surface area contributed by atoms with E-state index >= 15 is 0 Å². The third-order valence-electron chi connectivity index (χ3n) is 2.73. The van der Waals surface area contributed by atoms with Crippen LogP contribution in [0.5, 0.6) is 0 Å². The minimum absolute atomic E-state index is 0.278.